The molecule has 0 atom stereocenters. The van der Waals surface area contributed by atoms with Crippen LogP contribution in [0.3, 0.4) is 0 Å². The predicted octanol–water partition coefficient (Wildman–Crippen LogP) is 21.2. The average Bonchev–Trinajstić information content (AvgIpc) is 3.43. The SMILES string of the molecule is [C-]#[N+]c1c(-n2c3ccc(C(C)(C)C)cc3c3cc(C(C)(C)C)ccc32)c(-n2c3ccc(C(C)(C)C)cc3c3cc(C(C)(C)C)ccc32)c(-n2c3ccc(C(C)(C)C)cc3c3cc(C(C)(C)C)ccc32)c2c1oc1ccccc12. The second kappa shape index (κ2) is 16.7. The van der Waals surface area contributed by atoms with Gasteiger partial charge in [0.1, 0.15) is 11.2 Å². The van der Waals surface area contributed by atoms with Crippen LogP contribution in [0.4, 0.5) is 5.69 Å². The molecular weight excluding hydrogens is 949 g/mol. The Labute approximate surface area is 461 Å². The van der Waals surface area contributed by atoms with Gasteiger partial charge < -0.3 is 18.1 Å². The molecule has 12 aromatic rings. The summed E-state index contributed by atoms with van der Waals surface area (Å²) in [5.74, 6) is 0. The highest BCUT2D eigenvalue weighted by Gasteiger charge is 2.35. The number of para-hydroxylation sites is 1. The lowest BCUT2D eigenvalue weighted by Crippen LogP contribution is -2.13. The first-order chi connectivity index (χ1) is 36.4. The van der Waals surface area contributed by atoms with E-state index >= 15 is 0 Å². The van der Waals surface area contributed by atoms with Gasteiger partial charge in [-0.3, -0.25) is 0 Å². The van der Waals surface area contributed by atoms with Crippen LogP contribution < -0.4 is 0 Å². The molecule has 0 saturated carbocycles. The highest BCUT2D eigenvalue weighted by molar-refractivity contribution is 6.23. The van der Waals surface area contributed by atoms with Crippen molar-refractivity contribution in [2.24, 2.45) is 0 Å². The van der Waals surface area contributed by atoms with Crippen molar-refractivity contribution < 1.29 is 4.42 Å². The van der Waals surface area contributed by atoms with Crippen LogP contribution in [-0.4, -0.2) is 13.7 Å². The maximum Gasteiger partial charge on any atom is 0.255 e. The third-order valence-electron chi connectivity index (χ3n) is 17.0. The molecule has 0 radical (unpaired) electrons. The Morgan fingerprint density at radius 1 is 0.321 bits per heavy atom. The fourth-order valence-corrected chi connectivity index (χ4v) is 12.2. The molecule has 4 heterocycles. The van der Waals surface area contributed by atoms with Gasteiger partial charge in [-0.2, -0.15) is 0 Å². The Balaban J connectivity index is 1.42. The summed E-state index contributed by atoms with van der Waals surface area (Å²) in [6.07, 6.45) is 0. The van der Waals surface area contributed by atoms with Crippen LogP contribution >= 0.6 is 0 Å². The average molecular weight is 1030 g/mol. The minimum atomic E-state index is -0.103. The quantitative estimate of drug-likeness (QED) is 0.162. The highest BCUT2D eigenvalue weighted by atomic mass is 16.3. The molecule has 12 rings (SSSR count). The zero-order valence-corrected chi connectivity index (χ0v) is 49.4. The summed E-state index contributed by atoms with van der Waals surface area (Å²) in [6.45, 7) is 51.1. The first kappa shape index (κ1) is 51.2. The molecule has 0 saturated heterocycles. The number of nitrogens with zero attached hydrogens (tertiary/aromatic N) is 4. The Bertz CT molecular complexity index is 4330. The molecule has 5 heteroatoms. The van der Waals surface area contributed by atoms with Crippen molar-refractivity contribution in [2.45, 2.75) is 157 Å². The van der Waals surface area contributed by atoms with E-state index in [0.29, 0.717) is 11.3 Å². The topological polar surface area (TPSA) is 32.3 Å². The van der Waals surface area contributed by atoms with E-state index in [1.165, 1.54) is 54.9 Å². The van der Waals surface area contributed by atoms with Crippen LogP contribution in [0.15, 0.2) is 138 Å². The molecule has 0 bridgehead atoms. The molecule has 0 fully saturated rings. The maximum absolute atomic E-state index is 9.64. The molecule has 0 amide bonds. The number of rotatable bonds is 3. The van der Waals surface area contributed by atoms with Gasteiger partial charge in [0.05, 0.1) is 56.7 Å². The van der Waals surface area contributed by atoms with Crippen molar-refractivity contribution in [1.29, 1.82) is 0 Å². The summed E-state index contributed by atoms with van der Waals surface area (Å²) in [4.78, 5) is 4.74. The summed E-state index contributed by atoms with van der Waals surface area (Å²) >= 11 is 0. The molecule has 0 N–H and O–H groups in total. The van der Waals surface area contributed by atoms with E-state index in [1.807, 2.05) is 6.07 Å². The van der Waals surface area contributed by atoms with E-state index in [0.717, 1.165) is 77.3 Å². The highest BCUT2D eigenvalue weighted by Crippen LogP contribution is 2.54. The van der Waals surface area contributed by atoms with Crippen molar-refractivity contribution >= 4 is 93.0 Å². The Kier molecular flexibility index (Phi) is 11.0. The number of fused-ring (bicyclic) bond motifs is 12. The van der Waals surface area contributed by atoms with Gasteiger partial charge in [-0.25, -0.2) is 4.85 Å². The fraction of sp³-hybridized carbons (Fsp3) is 0.329. The minimum absolute atomic E-state index is 0.0923. The van der Waals surface area contributed by atoms with E-state index in [4.69, 9.17) is 9.26 Å². The Morgan fingerprint density at radius 2 is 0.590 bits per heavy atom. The van der Waals surface area contributed by atoms with Gasteiger partial charge in [-0.1, -0.05) is 179 Å². The fourth-order valence-electron chi connectivity index (χ4n) is 12.2. The molecule has 0 unspecified atom stereocenters. The van der Waals surface area contributed by atoms with E-state index in [-0.39, 0.29) is 32.5 Å². The molecule has 8 aromatic carbocycles. The second-order valence-corrected chi connectivity index (χ2v) is 28.7. The van der Waals surface area contributed by atoms with Gasteiger partial charge in [0.15, 0.2) is 0 Å². The Hall–Kier alpha value is -7.55. The number of aromatic nitrogens is 3. The van der Waals surface area contributed by atoms with Crippen LogP contribution in [0.5, 0.6) is 0 Å². The summed E-state index contributed by atoms with van der Waals surface area (Å²) < 4.78 is 14.7. The van der Waals surface area contributed by atoms with Crippen LogP contribution in [-0.2, 0) is 32.5 Å². The van der Waals surface area contributed by atoms with Crippen LogP contribution in [0.25, 0.3) is 109 Å². The molecule has 5 nitrogen and oxygen atoms in total. The molecule has 394 valence electrons. The lowest BCUT2D eigenvalue weighted by molar-refractivity contribution is 0.590. The van der Waals surface area contributed by atoms with Crippen molar-refractivity contribution in [3.8, 4) is 17.1 Å². The van der Waals surface area contributed by atoms with Crippen molar-refractivity contribution in [3.05, 3.63) is 178 Å². The summed E-state index contributed by atoms with van der Waals surface area (Å²) in [7, 11) is 0. The maximum atomic E-state index is 9.64. The third-order valence-corrected chi connectivity index (χ3v) is 17.0. The van der Waals surface area contributed by atoms with Gasteiger partial charge in [0, 0.05) is 43.1 Å². The molecule has 4 aromatic heterocycles. The van der Waals surface area contributed by atoms with Crippen molar-refractivity contribution in [1.82, 2.24) is 13.7 Å². The molecule has 0 spiro atoms. The minimum Gasteiger partial charge on any atom is -0.467 e. The number of furan rings is 1. The lowest BCUT2D eigenvalue weighted by atomic mass is 9.85. The largest absolute Gasteiger partial charge is 0.467 e. The summed E-state index contributed by atoms with van der Waals surface area (Å²) in [5, 5.41) is 8.94. The van der Waals surface area contributed by atoms with Crippen LogP contribution in [0, 0.1) is 6.57 Å². The van der Waals surface area contributed by atoms with E-state index in [2.05, 4.69) is 266 Å². The van der Waals surface area contributed by atoms with Crippen LogP contribution in [0.2, 0.25) is 0 Å². The second-order valence-electron chi connectivity index (χ2n) is 28.7. The standard InChI is InChI=1S/C73H76N4O/c1-68(2,3)42-24-30-55-49(36-42)50-37-43(69(4,5)6)25-31-56(50)75(55)64-62-48-22-20-21-23-61(48)78-67(62)63(74-19)65(76-57-32-26-44(70(7,8)9)38-51(57)52-39-45(71(10,11)12)27-33-58(52)76)66(64)77-59-34-28-46(72(13,14)15)40-53(59)54-41-47(73(16,17)18)29-35-60(54)77/h20-41H,1-18H3. The molecule has 0 aliphatic carbocycles. The van der Waals surface area contributed by atoms with Gasteiger partial charge in [-0.05, 0) is 145 Å². The number of benzene rings is 8. The normalized spacial score (nSPS) is 13.5. The van der Waals surface area contributed by atoms with Gasteiger partial charge >= 0.3 is 0 Å². The van der Waals surface area contributed by atoms with Gasteiger partial charge in [-0.15, -0.1) is 0 Å². The number of hydrogen-bond acceptors (Lipinski definition) is 1. The lowest BCUT2D eigenvalue weighted by Gasteiger charge is -2.25. The van der Waals surface area contributed by atoms with E-state index in [1.54, 1.807) is 0 Å². The van der Waals surface area contributed by atoms with Gasteiger partial charge in [0.2, 0.25) is 0 Å². The van der Waals surface area contributed by atoms with E-state index < -0.39 is 0 Å². The molecule has 78 heavy (non-hydrogen) atoms. The molecule has 0 aliphatic rings. The predicted molar refractivity (Wildman–Crippen MR) is 335 cm³/mol. The smallest absolute Gasteiger partial charge is 0.255 e. The first-order valence-corrected chi connectivity index (χ1v) is 28.1. The van der Waals surface area contributed by atoms with Crippen molar-refractivity contribution in [2.75, 3.05) is 0 Å². The van der Waals surface area contributed by atoms with Gasteiger partial charge in [0.25, 0.3) is 5.69 Å². The van der Waals surface area contributed by atoms with E-state index in [9.17, 15) is 6.57 Å². The Morgan fingerprint density at radius 3 is 0.872 bits per heavy atom. The summed E-state index contributed by atoms with van der Waals surface area (Å²) in [5.41, 5.74) is 17.9. The zero-order valence-electron chi connectivity index (χ0n) is 49.4. The summed E-state index contributed by atoms with van der Waals surface area (Å²) in [6, 6.07) is 50.9. The third kappa shape index (κ3) is 7.83. The zero-order chi connectivity index (χ0) is 55.7. The molecule has 0 aliphatic heterocycles. The monoisotopic (exact) mass is 1020 g/mol. The molecular formula is C73H76N4O. The van der Waals surface area contributed by atoms with Crippen molar-refractivity contribution in [3.63, 3.8) is 0 Å². The first-order valence-electron chi connectivity index (χ1n) is 28.1. The number of hydrogen-bond donors (Lipinski definition) is 0. The van der Waals surface area contributed by atoms with Crippen LogP contribution in [0.1, 0.15) is 158 Å².